The Morgan fingerprint density at radius 1 is 1.19 bits per heavy atom. The maximum atomic E-state index is 12.9. The summed E-state index contributed by atoms with van der Waals surface area (Å²) < 4.78 is 5.06. The summed E-state index contributed by atoms with van der Waals surface area (Å²) in [6.07, 6.45) is 6.11. The van der Waals surface area contributed by atoms with Crippen LogP contribution in [0.5, 0.6) is 0 Å². The molecule has 0 unspecified atom stereocenters. The van der Waals surface area contributed by atoms with Gasteiger partial charge in [0, 0.05) is 16.8 Å². The van der Waals surface area contributed by atoms with Gasteiger partial charge >= 0.3 is 5.97 Å². The molecular weight excluding hydrogens is 354 g/mol. The number of carboxylic acid groups (broad SMARTS) is 1. The molecular formula is C19H22NO5S-. The van der Waals surface area contributed by atoms with Gasteiger partial charge in [-0.2, -0.15) is 0 Å². The number of rotatable bonds is 6. The molecule has 1 saturated carbocycles. The summed E-state index contributed by atoms with van der Waals surface area (Å²) in [5.41, 5.74) is 0.323. The Bertz CT molecular complexity index is 753. The van der Waals surface area contributed by atoms with Gasteiger partial charge in [0.05, 0.1) is 18.1 Å². The van der Waals surface area contributed by atoms with Crippen molar-refractivity contribution in [2.45, 2.75) is 33.1 Å². The van der Waals surface area contributed by atoms with Gasteiger partial charge in [0.2, 0.25) is 5.91 Å². The van der Waals surface area contributed by atoms with E-state index in [-0.39, 0.29) is 24.3 Å². The van der Waals surface area contributed by atoms with E-state index in [1.54, 1.807) is 13.0 Å². The van der Waals surface area contributed by atoms with Gasteiger partial charge in [-0.3, -0.25) is 4.79 Å². The van der Waals surface area contributed by atoms with E-state index < -0.39 is 23.8 Å². The average Bonchev–Trinajstić information content (AvgIpc) is 3.05. The van der Waals surface area contributed by atoms with Crippen LogP contribution in [-0.2, 0) is 20.7 Å². The number of carbonyl (C=O) groups is 3. The summed E-state index contributed by atoms with van der Waals surface area (Å²) in [6.45, 7) is 3.93. The number of anilines is 1. The molecule has 1 heterocycles. The standard InChI is InChI=1S/C19H23NO5S/c1-3-12-9-13(19(24)25-4-2)17(26-12)20-16(21)14-10-5-7-11(8-6-10)15(14)18(22)23/h5,7,9-11,14-15H,3-4,6,8H2,1-2H3,(H,20,21)(H,22,23)/p-1/t10-,11+,14+,15+/m1/s1. The highest BCUT2D eigenvalue weighted by Gasteiger charge is 2.45. The molecule has 26 heavy (non-hydrogen) atoms. The quantitative estimate of drug-likeness (QED) is 0.605. The molecule has 2 bridgehead atoms. The highest BCUT2D eigenvalue weighted by molar-refractivity contribution is 7.16. The fourth-order valence-electron chi connectivity index (χ4n) is 3.94. The molecule has 6 nitrogen and oxygen atoms in total. The molecule has 1 fully saturated rings. The van der Waals surface area contributed by atoms with E-state index in [0.717, 1.165) is 24.1 Å². The Balaban J connectivity index is 1.85. The highest BCUT2D eigenvalue weighted by Crippen LogP contribution is 2.45. The van der Waals surface area contributed by atoms with E-state index in [2.05, 4.69) is 5.32 Å². The second-order valence-corrected chi connectivity index (χ2v) is 7.82. The molecule has 1 N–H and O–H groups in total. The van der Waals surface area contributed by atoms with E-state index in [9.17, 15) is 19.5 Å². The first-order valence-corrected chi connectivity index (χ1v) is 9.77. The topological polar surface area (TPSA) is 95.5 Å². The summed E-state index contributed by atoms with van der Waals surface area (Å²) in [5, 5.41) is 14.8. The lowest BCUT2D eigenvalue weighted by atomic mass is 9.62. The molecule has 1 amide bonds. The lowest BCUT2D eigenvalue weighted by molar-refractivity contribution is -0.316. The SMILES string of the molecule is CCOC(=O)c1cc(CC)sc1NC(=O)[C@@H]1[C@@H](C(=O)[O-])[C@H]2C=C[C@@H]1CC2. The van der Waals surface area contributed by atoms with Gasteiger partial charge < -0.3 is 20.0 Å². The number of aliphatic carboxylic acids is 1. The van der Waals surface area contributed by atoms with Crippen molar-refractivity contribution in [3.63, 3.8) is 0 Å². The molecule has 1 aromatic heterocycles. The van der Waals surface area contributed by atoms with E-state index in [0.29, 0.717) is 10.6 Å². The van der Waals surface area contributed by atoms with Gasteiger partial charge in [-0.1, -0.05) is 19.1 Å². The van der Waals surface area contributed by atoms with Crippen molar-refractivity contribution in [3.05, 3.63) is 28.7 Å². The van der Waals surface area contributed by atoms with Gasteiger partial charge in [-0.15, -0.1) is 11.3 Å². The number of carbonyl (C=O) groups excluding carboxylic acids is 3. The van der Waals surface area contributed by atoms with Crippen LogP contribution in [0.2, 0.25) is 0 Å². The van der Waals surface area contributed by atoms with E-state index in [1.807, 2.05) is 19.1 Å². The average molecular weight is 376 g/mol. The summed E-state index contributed by atoms with van der Waals surface area (Å²) in [6, 6.07) is 1.72. The van der Waals surface area contributed by atoms with Crippen LogP contribution < -0.4 is 10.4 Å². The number of allylic oxidation sites excluding steroid dienone is 2. The Morgan fingerprint density at radius 3 is 2.38 bits per heavy atom. The van der Waals surface area contributed by atoms with Crippen LogP contribution >= 0.6 is 11.3 Å². The van der Waals surface area contributed by atoms with Gasteiger partial charge in [-0.05, 0) is 44.1 Å². The maximum absolute atomic E-state index is 12.9. The number of amides is 1. The smallest absolute Gasteiger partial charge is 0.341 e. The third-order valence-electron chi connectivity index (χ3n) is 5.19. The number of nitrogens with one attached hydrogen (secondary N) is 1. The zero-order valence-electron chi connectivity index (χ0n) is 14.8. The van der Waals surface area contributed by atoms with Gasteiger partial charge in [-0.25, -0.2) is 4.79 Å². The van der Waals surface area contributed by atoms with Gasteiger partial charge in [0.25, 0.3) is 0 Å². The van der Waals surface area contributed by atoms with Crippen LogP contribution in [0.15, 0.2) is 18.2 Å². The molecule has 1 aromatic rings. The minimum atomic E-state index is -1.18. The minimum Gasteiger partial charge on any atom is -0.550 e. The van der Waals surface area contributed by atoms with Crippen molar-refractivity contribution in [1.29, 1.82) is 0 Å². The predicted octanol–water partition coefficient (Wildman–Crippen LogP) is 2.00. The van der Waals surface area contributed by atoms with E-state index in [4.69, 9.17) is 4.74 Å². The summed E-state index contributed by atoms with van der Waals surface area (Å²) in [5.74, 6) is -3.82. The number of carboxylic acids is 1. The van der Waals surface area contributed by atoms with Gasteiger partial charge in [0.15, 0.2) is 0 Å². The number of ether oxygens (including phenoxy) is 1. The molecule has 0 saturated heterocycles. The fraction of sp³-hybridized carbons (Fsp3) is 0.526. The predicted molar refractivity (Wildman–Crippen MR) is 95.6 cm³/mol. The molecule has 0 aliphatic heterocycles. The van der Waals surface area contributed by atoms with Crippen LogP contribution in [0.4, 0.5) is 5.00 Å². The molecule has 4 rings (SSSR count). The Labute approximate surface area is 156 Å². The zero-order chi connectivity index (χ0) is 18.8. The summed E-state index contributed by atoms with van der Waals surface area (Å²) in [7, 11) is 0. The molecule has 3 aliphatic rings. The first-order valence-electron chi connectivity index (χ1n) is 8.96. The lowest BCUT2D eigenvalue weighted by Gasteiger charge is -2.44. The Hall–Kier alpha value is -2.15. The van der Waals surface area contributed by atoms with E-state index in [1.165, 1.54) is 11.3 Å². The molecule has 0 spiro atoms. The van der Waals surface area contributed by atoms with Crippen LogP contribution in [0.3, 0.4) is 0 Å². The fourth-order valence-corrected chi connectivity index (χ4v) is 4.92. The monoisotopic (exact) mass is 376 g/mol. The number of aryl methyl sites for hydroxylation is 1. The summed E-state index contributed by atoms with van der Waals surface area (Å²) >= 11 is 1.32. The first kappa shape index (κ1) is 18.6. The van der Waals surface area contributed by atoms with Crippen LogP contribution in [-0.4, -0.2) is 24.5 Å². The van der Waals surface area contributed by atoms with Crippen molar-refractivity contribution in [2.24, 2.45) is 23.7 Å². The van der Waals surface area contributed by atoms with Crippen molar-refractivity contribution >= 4 is 34.2 Å². The number of esters is 1. The van der Waals surface area contributed by atoms with Crippen LogP contribution in [0.25, 0.3) is 0 Å². The maximum Gasteiger partial charge on any atom is 0.341 e. The molecule has 140 valence electrons. The first-order chi connectivity index (χ1) is 12.5. The molecule has 0 aromatic carbocycles. The minimum absolute atomic E-state index is 0.112. The van der Waals surface area contributed by atoms with Gasteiger partial charge in [0.1, 0.15) is 5.00 Å². The lowest BCUT2D eigenvalue weighted by Crippen LogP contribution is -2.51. The van der Waals surface area contributed by atoms with Crippen LogP contribution in [0.1, 0.15) is 41.9 Å². The molecule has 4 atom stereocenters. The molecule has 7 heteroatoms. The largest absolute Gasteiger partial charge is 0.550 e. The molecule has 0 radical (unpaired) electrons. The van der Waals surface area contributed by atoms with Crippen molar-refractivity contribution in [2.75, 3.05) is 11.9 Å². The number of fused-ring (bicyclic) bond motifs is 2. The van der Waals surface area contributed by atoms with Crippen molar-refractivity contribution in [3.8, 4) is 0 Å². The third kappa shape index (κ3) is 3.40. The van der Waals surface area contributed by atoms with Crippen LogP contribution in [0, 0.1) is 23.7 Å². The second kappa shape index (κ2) is 7.61. The number of hydrogen-bond acceptors (Lipinski definition) is 6. The van der Waals surface area contributed by atoms with E-state index >= 15 is 0 Å². The van der Waals surface area contributed by atoms with Crippen molar-refractivity contribution in [1.82, 2.24) is 0 Å². The zero-order valence-corrected chi connectivity index (χ0v) is 15.6. The Morgan fingerprint density at radius 2 is 1.85 bits per heavy atom. The summed E-state index contributed by atoms with van der Waals surface area (Å²) in [4.78, 5) is 37.7. The Kier molecular flexibility index (Phi) is 5.46. The number of hydrogen-bond donors (Lipinski definition) is 1. The third-order valence-corrected chi connectivity index (χ3v) is 6.38. The molecule has 3 aliphatic carbocycles. The van der Waals surface area contributed by atoms with Crippen molar-refractivity contribution < 1.29 is 24.2 Å². The second-order valence-electron chi connectivity index (χ2n) is 6.68. The highest BCUT2D eigenvalue weighted by atomic mass is 32.1. The number of thiophene rings is 1. The normalized spacial score (nSPS) is 26.5.